The number of hydrogen-bond donors (Lipinski definition) is 2. The molecule has 0 amide bonds. The molecule has 1 rings (SSSR count). The third-order valence-electron chi connectivity index (χ3n) is 3.13. The lowest BCUT2D eigenvalue weighted by Crippen LogP contribution is -2.43. The molecule has 0 aromatic heterocycles. The Balaban J connectivity index is 2.95. The second-order valence-corrected chi connectivity index (χ2v) is 6.57. The average molecular weight is 323 g/mol. The highest BCUT2D eigenvalue weighted by atomic mass is 33.1. The van der Waals surface area contributed by atoms with Crippen LogP contribution in [0.25, 0.3) is 0 Å². The van der Waals surface area contributed by atoms with Crippen LogP contribution in [0.15, 0.2) is 24.3 Å². The van der Waals surface area contributed by atoms with Crippen molar-refractivity contribution in [2.24, 2.45) is 0 Å². The molecule has 0 radical (unpaired) electrons. The maximum absolute atomic E-state index is 12.6. The zero-order valence-electron chi connectivity index (χ0n) is 11.8. The van der Waals surface area contributed by atoms with Gasteiger partial charge in [-0.25, -0.2) is 0 Å². The van der Waals surface area contributed by atoms with E-state index in [0.29, 0.717) is 0 Å². The predicted molar refractivity (Wildman–Crippen MR) is 83.1 cm³/mol. The highest BCUT2D eigenvalue weighted by Crippen LogP contribution is 2.41. The van der Waals surface area contributed by atoms with Gasteiger partial charge in [0.15, 0.2) is 0 Å². The minimum absolute atomic E-state index is 0.0281. The van der Waals surface area contributed by atoms with Gasteiger partial charge in [-0.1, -0.05) is 29.9 Å². The van der Waals surface area contributed by atoms with E-state index in [9.17, 15) is 13.2 Å². The summed E-state index contributed by atoms with van der Waals surface area (Å²) in [5.74, 6) is 0. The Morgan fingerprint density at radius 1 is 1.20 bits per heavy atom. The summed E-state index contributed by atoms with van der Waals surface area (Å²) in [6, 6.07) is 5.32. The molecule has 0 bridgehead atoms. The Labute approximate surface area is 127 Å². The monoisotopic (exact) mass is 323 g/mol. The SMILES string of the molecule is CCCNC(C)(C)[C@@H](SS)c1ccc(C(F)(F)F)cc1. The smallest absolute Gasteiger partial charge is 0.310 e. The Morgan fingerprint density at radius 3 is 2.15 bits per heavy atom. The van der Waals surface area contributed by atoms with Gasteiger partial charge in [-0.3, -0.25) is 0 Å². The third-order valence-corrected chi connectivity index (χ3v) is 4.84. The fourth-order valence-corrected chi connectivity index (χ4v) is 3.78. The summed E-state index contributed by atoms with van der Waals surface area (Å²) in [6.45, 7) is 7.00. The normalized spacial score (nSPS) is 14.3. The number of nitrogens with one attached hydrogen (secondary N) is 1. The van der Waals surface area contributed by atoms with Crippen LogP contribution in [-0.4, -0.2) is 12.1 Å². The number of alkyl halides is 3. The Hall–Kier alpha value is -0.330. The zero-order valence-corrected chi connectivity index (χ0v) is 13.5. The lowest BCUT2D eigenvalue weighted by molar-refractivity contribution is -0.137. The summed E-state index contributed by atoms with van der Waals surface area (Å²) in [5, 5.41) is 3.38. The molecule has 6 heteroatoms. The Bertz CT molecular complexity index is 415. The third kappa shape index (κ3) is 4.60. The van der Waals surface area contributed by atoms with Crippen molar-refractivity contribution in [3.8, 4) is 0 Å². The van der Waals surface area contributed by atoms with E-state index in [0.717, 1.165) is 30.7 Å². The molecule has 1 nitrogen and oxygen atoms in total. The Kier molecular flexibility index (Phi) is 6.28. The molecule has 0 saturated heterocycles. The number of rotatable bonds is 6. The number of thiol groups is 1. The number of halogens is 3. The maximum Gasteiger partial charge on any atom is 0.416 e. The molecule has 1 N–H and O–H groups in total. The average Bonchev–Trinajstić information content (AvgIpc) is 2.36. The van der Waals surface area contributed by atoms with E-state index in [1.165, 1.54) is 22.9 Å². The van der Waals surface area contributed by atoms with E-state index in [-0.39, 0.29) is 10.8 Å². The largest absolute Gasteiger partial charge is 0.416 e. The minimum atomic E-state index is -4.29. The second-order valence-electron chi connectivity index (χ2n) is 5.25. The first-order valence-electron chi connectivity index (χ1n) is 6.44. The summed E-state index contributed by atoms with van der Waals surface area (Å²) in [4.78, 5) is 0. The number of benzene rings is 1. The van der Waals surface area contributed by atoms with Crippen molar-refractivity contribution < 1.29 is 13.2 Å². The van der Waals surface area contributed by atoms with Crippen LogP contribution in [0, 0.1) is 0 Å². The van der Waals surface area contributed by atoms with Gasteiger partial charge in [0.05, 0.1) is 10.8 Å². The van der Waals surface area contributed by atoms with Crippen LogP contribution >= 0.6 is 22.5 Å². The predicted octanol–water partition coefficient (Wildman–Crippen LogP) is 5.10. The molecule has 0 heterocycles. The first-order chi connectivity index (χ1) is 9.22. The van der Waals surface area contributed by atoms with Crippen molar-refractivity contribution in [3.05, 3.63) is 35.4 Å². The standard InChI is InChI=1S/C14H20F3NS2/c1-4-9-18-13(2,3)12(20-19)10-5-7-11(8-6-10)14(15,16)17/h5-8,12,18-19H,4,9H2,1-3H3/t12-/m0/s1. The Morgan fingerprint density at radius 2 is 1.75 bits per heavy atom. The summed E-state index contributed by atoms with van der Waals surface area (Å²) >= 11 is 4.28. The van der Waals surface area contributed by atoms with Crippen LogP contribution in [0.3, 0.4) is 0 Å². The van der Waals surface area contributed by atoms with Gasteiger partial charge in [-0.05, 0) is 44.5 Å². The van der Waals surface area contributed by atoms with Crippen molar-refractivity contribution in [3.63, 3.8) is 0 Å². The molecule has 0 saturated carbocycles. The molecular formula is C14H20F3NS2. The van der Waals surface area contributed by atoms with E-state index in [4.69, 9.17) is 0 Å². The van der Waals surface area contributed by atoms with Gasteiger partial charge in [0.25, 0.3) is 0 Å². The fraction of sp³-hybridized carbons (Fsp3) is 0.571. The molecule has 0 unspecified atom stereocenters. The highest BCUT2D eigenvalue weighted by molar-refractivity contribution is 8.68. The van der Waals surface area contributed by atoms with E-state index in [1.54, 1.807) is 0 Å². The molecular weight excluding hydrogens is 303 g/mol. The van der Waals surface area contributed by atoms with Crippen LogP contribution < -0.4 is 5.32 Å². The first kappa shape index (κ1) is 17.7. The molecule has 0 aliphatic carbocycles. The van der Waals surface area contributed by atoms with E-state index < -0.39 is 11.7 Å². The summed E-state index contributed by atoms with van der Waals surface area (Å²) < 4.78 is 37.7. The van der Waals surface area contributed by atoms with Gasteiger partial charge in [0, 0.05) is 5.54 Å². The molecule has 1 aromatic carbocycles. The van der Waals surface area contributed by atoms with E-state index in [1.807, 2.05) is 13.8 Å². The molecule has 0 aliphatic rings. The number of hydrogen-bond acceptors (Lipinski definition) is 3. The van der Waals surface area contributed by atoms with E-state index in [2.05, 4.69) is 23.9 Å². The summed E-state index contributed by atoms with van der Waals surface area (Å²) in [7, 11) is 1.34. The van der Waals surface area contributed by atoms with Crippen LogP contribution in [-0.2, 0) is 6.18 Å². The van der Waals surface area contributed by atoms with Gasteiger partial charge >= 0.3 is 6.18 Å². The molecule has 20 heavy (non-hydrogen) atoms. The summed E-state index contributed by atoms with van der Waals surface area (Å²) in [6.07, 6.45) is -3.29. The second kappa shape index (κ2) is 7.09. The van der Waals surface area contributed by atoms with E-state index >= 15 is 0 Å². The van der Waals surface area contributed by atoms with Crippen LogP contribution in [0.1, 0.15) is 43.6 Å². The molecule has 1 aromatic rings. The van der Waals surface area contributed by atoms with Crippen molar-refractivity contribution in [1.82, 2.24) is 5.32 Å². The summed E-state index contributed by atoms with van der Waals surface area (Å²) in [5.41, 5.74) is -0.0302. The van der Waals surface area contributed by atoms with Crippen LogP contribution in [0.4, 0.5) is 13.2 Å². The van der Waals surface area contributed by atoms with Crippen molar-refractivity contribution >= 4 is 22.5 Å². The maximum atomic E-state index is 12.6. The quantitative estimate of drug-likeness (QED) is 0.558. The molecule has 0 aliphatic heterocycles. The van der Waals surface area contributed by atoms with Gasteiger partial charge < -0.3 is 5.32 Å². The van der Waals surface area contributed by atoms with Gasteiger partial charge in [0.1, 0.15) is 0 Å². The lowest BCUT2D eigenvalue weighted by atomic mass is 9.93. The minimum Gasteiger partial charge on any atom is -0.310 e. The fourth-order valence-electron chi connectivity index (χ4n) is 2.00. The molecule has 114 valence electrons. The zero-order chi connectivity index (χ0) is 15.4. The van der Waals surface area contributed by atoms with Gasteiger partial charge in [-0.15, -0.1) is 11.7 Å². The first-order valence-corrected chi connectivity index (χ1v) is 8.38. The molecule has 0 spiro atoms. The molecule has 0 fully saturated rings. The van der Waals surface area contributed by atoms with Gasteiger partial charge in [-0.2, -0.15) is 13.2 Å². The molecule has 1 atom stereocenters. The topological polar surface area (TPSA) is 12.0 Å². The van der Waals surface area contributed by atoms with Crippen molar-refractivity contribution in [2.45, 2.75) is 44.2 Å². The van der Waals surface area contributed by atoms with Crippen LogP contribution in [0.5, 0.6) is 0 Å². The van der Waals surface area contributed by atoms with Crippen molar-refractivity contribution in [2.75, 3.05) is 6.54 Å². The van der Waals surface area contributed by atoms with Crippen molar-refractivity contribution in [1.29, 1.82) is 0 Å². The highest BCUT2D eigenvalue weighted by Gasteiger charge is 2.33. The lowest BCUT2D eigenvalue weighted by Gasteiger charge is -2.34. The van der Waals surface area contributed by atoms with Gasteiger partial charge in [0.2, 0.25) is 0 Å². The van der Waals surface area contributed by atoms with Crippen LogP contribution in [0.2, 0.25) is 0 Å².